The Hall–Kier alpha value is -2.43. The van der Waals surface area contributed by atoms with Gasteiger partial charge in [0.2, 0.25) is 0 Å². The summed E-state index contributed by atoms with van der Waals surface area (Å²) in [7, 11) is 0. The SMILES string of the molecule is CC(C)CCNc1cnc(C(=O)Nc2ccc(C(C)C)cc2)cn1. The van der Waals surface area contributed by atoms with Crippen LogP contribution in [0.25, 0.3) is 0 Å². The van der Waals surface area contributed by atoms with E-state index >= 15 is 0 Å². The van der Waals surface area contributed by atoms with Gasteiger partial charge in [0, 0.05) is 12.2 Å². The maximum Gasteiger partial charge on any atom is 0.275 e. The average Bonchev–Trinajstić information content (AvgIpc) is 2.55. The summed E-state index contributed by atoms with van der Waals surface area (Å²) in [5, 5.41) is 6.04. The number of anilines is 2. The first kappa shape index (κ1) is 17.9. The molecule has 2 rings (SSSR count). The first-order valence-corrected chi connectivity index (χ1v) is 8.43. The summed E-state index contributed by atoms with van der Waals surface area (Å²) in [6.45, 7) is 9.48. The maximum absolute atomic E-state index is 12.2. The number of carbonyl (C=O) groups excluding carboxylic acids is 1. The molecule has 0 saturated carbocycles. The summed E-state index contributed by atoms with van der Waals surface area (Å²) in [6, 6.07) is 7.85. The van der Waals surface area contributed by atoms with E-state index in [9.17, 15) is 4.79 Å². The highest BCUT2D eigenvalue weighted by Gasteiger charge is 2.09. The first-order chi connectivity index (χ1) is 11.5. The molecular formula is C19H26N4O. The lowest BCUT2D eigenvalue weighted by molar-refractivity contribution is 0.102. The predicted octanol–water partition coefficient (Wildman–Crippen LogP) is 4.31. The molecule has 0 atom stereocenters. The van der Waals surface area contributed by atoms with E-state index in [1.165, 1.54) is 11.8 Å². The minimum atomic E-state index is -0.256. The topological polar surface area (TPSA) is 66.9 Å². The first-order valence-electron chi connectivity index (χ1n) is 8.43. The lowest BCUT2D eigenvalue weighted by atomic mass is 10.0. The molecule has 0 aliphatic heterocycles. The molecule has 1 aromatic heterocycles. The minimum Gasteiger partial charge on any atom is -0.369 e. The van der Waals surface area contributed by atoms with Crippen molar-refractivity contribution >= 4 is 17.4 Å². The molecule has 2 N–H and O–H groups in total. The number of nitrogens with one attached hydrogen (secondary N) is 2. The fourth-order valence-corrected chi connectivity index (χ4v) is 2.17. The van der Waals surface area contributed by atoms with E-state index in [-0.39, 0.29) is 5.91 Å². The number of hydrogen-bond donors (Lipinski definition) is 2. The molecule has 0 fully saturated rings. The van der Waals surface area contributed by atoms with Crippen LogP contribution in [0, 0.1) is 5.92 Å². The summed E-state index contributed by atoms with van der Waals surface area (Å²) < 4.78 is 0. The molecule has 128 valence electrons. The molecule has 1 heterocycles. The number of hydrogen-bond acceptors (Lipinski definition) is 4. The molecule has 0 bridgehead atoms. The number of rotatable bonds is 7. The second-order valence-corrected chi connectivity index (χ2v) is 6.63. The van der Waals surface area contributed by atoms with Gasteiger partial charge in [0.25, 0.3) is 5.91 Å². The Kier molecular flexibility index (Phi) is 6.29. The fraction of sp³-hybridized carbons (Fsp3) is 0.421. The van der Waals surface area contributed by atoms with Crippen LogP contribution < -0.4 is 10.6 Å². The Labute approximate surface area is 143 Å². The Bertz CT molecular complexity index is 648. The van der Waals surface area contributed by atoms with Gasteiger partial charge in [-0.05, 0) is 36.0 Å². The number of amides is 1. The molecule has 0 unspecified atom stereocenters. The molecule has 5 heteroatoms. The van der Waals surface area contributed by atoms with Crippen molar-refractivity contribution in [3.63, 3.8) is 0 Å². The van der Waals surface area contributed by atoms with E-state index in [0.717, 1.165) is 18.7 Å². The Morgan fingerprint density at radius 1 is 1.04 bits per heavy atom. The van der Waals surface area contributed by atoms with Crippen molar-refractivity contribution in [3.8, 4) is 0 Å². The van der Waals surface area contributed by atoms with E-state index < -0.39 is 0 Å². The minimum absolute atomic E-state index is 0.256. The molecule has 0 saturated heterocycles. The third-order valence-corrected chi connectivity index (χ3v) is 3.75. The predicted molar refractivity (Wildman–Crippen MR) is 98.5 cm³/mol. The normalized spacial score (nSPS) is 10.9. The van der Waals surface area contributed by atoms with E-state index in [4.69, 9.17) is 0 Å². The van der Waals surface area contributed by atoms with E-state index in [0.29, 0.717) is 23.3 Å². The molecule has 1 amide bonds. The van der Waals surface area contributed by atoms with Crippen molar-refractivity contribution in [1.82, 2.24) is 9.97 Å². The van der Waals surface area contributed by atoms with E-state index in [2.05, 4.69) is 48.3 Å². The van der Waals surface area contributed by atoms with Crippen molar-refractivity contribution in [2.45, 2.75) is 40.0 Å². The number of aromatic nitrogens is 2. The lowest BCUT2D eigenvalue weighted by Crippen LogP contribution is -2.15. The van der Waals surface area contributed by atoms with Gasteiger partial charge in [-0.2, -0.15) is 0 Å². The van der Waals surface area contributed by atoms with Crippen molar-refractivity contribution < 1.29 is 4.79 Å². The summed E-state index contributed by atoms with van der Waals surface area (Å²) in [5.74, 6) is 1.54. The van der Waals surface area contributed by atoms with Crippen LogP contribution in [0.1, 0.15) is 56.1 Å². The summed E-state index contributed by atoms with van der Waals surface area (Å²) in [4.78, 5) is 20.6. The number of benzene rings is 1. The third kappa shape index (κ3) is 5.33. The van der Waals surface area contributed by atoms with Gasteiger partial charge in [-0.3, -0.25) is 4.79 Å². The van der Waals surface area contributed by atoms with Gasteiger partial charge in [0.05, 0.1) is 12.4 Å². The molecule has 0 spiro atoms. The van der Waals surface area contributed by atoms with Crippen molar-refractivity contribution in [2.75, 3.05) is 17.2 Å². The van der Waals surface area contributed by atoms with Gasteiger partial charge in [-0.15, -0.1) is 0 Å². The monoisotopic (exact) mass is 326 g/mol. The summed E-state index contributed by atoms with van der Waals surface area (Å²) in [6.07, 6.45) is 4.16. The fourth-order valence-electron chi connectivity index (χ4n) is 2.17. The number of nitrogens with zero attached hydrogens (tertiary/aromatic N) is 2. The van der Waals surface area contributed by atoms with Gasteiger partial charge in [0.1, 0.15) is 11.5 Å². The van der Waals surface area contributed by atoms with Crippen LogP contribution in [0.2, 0.25) is 0 Å². The Morgan fingerprint density at radius 2 is 1.75 bits per heavy atom. The van der Waals surface area contributed by atoms with Crippen molar-refractivity contribution in [2.24, 2.45) is 5.92 Å². The molecular weight excluding hydrogens is 300 g/mol. The highest BCUT2D eigenvalue weighted by Crippen LogP contribution is 2.17. The van der Waals surface area contributed by atoms with Crippen LogP contribution in [0.5, 0.6) is 0 Å². The van der Waals surface area contributed by atoms with Gasteiger partial charge in [-0.25, -0.2) is 9.97 Å². The smallest absolute Gasteiger partial charge is 0.275 e. The van der Waals surface area contributed by atoms with Crippen LogP contribution in [0.3, 0.4) is 0 Å². The van der Waals surface area contributed by atoms with E-state index in [1.54, 1.807) is 6.20 Å². The highest BCUT2D eigenvalue weighted by atomic mass is 16.1. The summed E-state index contributed by atoms with van der Waals surface area (Å²) in [5.41, 5.74) is 2.30. The average molecular weight is 326 g/mol. The third-order valence-electron chi connectivity index (χ3n) is 3.75. The van der Waals surface area contributed by atoms with Gasteiger partial charge >= 0.3 is 0 Å². The van der Waals surface area contributed by atoms with Gasteiger partial charge in [-0.1, -0.05) is 39.8 Å². The molecule has 0 aliphatic carbocycles. The van der Waals surface area contributed by atoms with E-state index in [1.807, 2.05) is 24.3 Å². The van der Waals surface area contributed by atoms with Crippen molar-refractivity contribution in [3.05, 3.63) is 47.9 Å². The maximum atomic E-state index is 12.2. The second-order valence-electron chi connectivity index (χ2n) is 6.63. The molecule has 1 aromatic carbocycles. The molecule has 2 aromatic rings. The zero-order valence-electron chi connectivity index (χ0n) is 14.8. The standard InChI is InChI=1S/C19H26N4O/c1-13(2)9-10-20-18-12-21-17(11-22-18)19(24)23-16-7-5-15(6-8-16)14(3)4/h5-8,11-14H,9-10H2,1-4H3,(H,20,22)(H,23,24). The van der Waals surface area contributed by atoms with Crippen LogP contribution >= 0.6 is 0 Å². The molecule has 24 heavy (non-hydrogen) atoms. The van der Waals surface area contributed by atoms with Crippen LogP contribution in [0.15, 0.2) is 36.7 Å². The zero-order valence-corrected chi connectivity index (χ0v) is 14.8. The highest BCUT2D eigenvalue weighted by molar-refractivity contribution is 6.02. The molecule has 0 radical (unpaired) electrons. The quantitative estimate of drug-likeness (QED) is 0.795. The molecule has 5 nitrogen and oxygen atoms in total. The zero-order chi connectivity index (χ0) is 17.5. The van der Waals surface area contributed by atoms with Crippen LogP contribution in [-0.2, 0) is 0 Å². The number of carbonyl (C=O) groups is 1. The Morgan fingerprint density at radius 3 is 2.29 bits per heavy atom. The van der Waals surface area contributed by atoms with Gasteiger partial charge in [0.15, 0.2) is 0 Å². The second kappa shape index (κ2) is 8.43. The van der Waals surface area contributed by atoms with Crippen molar-refractivity contribution in [1.29, 1.82) is 0 Å². The molecule has 0 aliphatic rings. The van der Waals surface area contributed by atoms with Crippen LogP contribution in [0.4, 0.5) is 11.5 Å². The van der Waals surface area contributed by atoms with Gasteiger partial charge < -0.3 is 10.6 Å². The lowest BCUT2D eigenvalue weighted by Gasteiger charge is -2.09. The Balaban J connectivity index is 1.92. The summed E-state index contributed by atoms with van der Waals surface area (Å²) >= 11 is 0. The largest absolute Gasteiger partial charge is 0.369 e. The van der Waals surface area contributed by atoms with Crippen LogP contribution in [-0.4, -0.2) is 22.4 Å².